The van der Waals surface area contributed by atoms with Crippen LogP contribution in [0, 0.1) is 6.92 Å². The molecule has 0 saturated carbocycles. The SMILES string of the molecule is Cc1nc(-c2ccc(C(=O)NCCc3cccc(Cl)c3)o2)cs1. The van der Waals surface area contributed by atoms with Crippen LogP contribution in [0.2, 0.25) is 5.02 Å². The number of amides is 1. The van der Waals surface area contributed by atoms with Gasteiger partial charge in [-0.15, -0.1) is 11.3 Å². The quantitative estimate of drug-likeness (QED) is 0.747. The molecule has 0 fully saturated rings. The molecule has 0 aliphatic heterocycles. The van der Waals surface area contributed by atoms with E-state index in [0.29, 0.717) is 23.7 Å². The molecule has 1 aromatic carbocycles. The Bertz CT molecular complexity index is 825. The maximum atomic E-state index is 12.1. The van der Waals surface area contributed by atoms with Crippen molar-refractivity contribution in [3.8, 4) is 11.5 Å². The highest BCUT2D eigenvalue weighted by Gasteiger charge is 2.13. The van der Waals surface area contributed by atoms with E-state index in [1.807, 2.05) is 36.6 Å². The Morgan fingerprint density at radius 3 is 2.96 bits per heavy atom. The third kappa shape index (κ3) is 4.00. The summed E-state index contributed by atoms with van der Waals surface area (Å²) in [4.78, 5) is 16.4. The highest BCUT2D eigenvalue weighted by atomic mass is 35.5. The molecule has 118 valence electrons. The van der Waals surface area contributed by atoms with E-state index >= 15 is 0 Å². The van der Waals surface area contributed by atoms with Crippen molar-refractivity contribution in [1.82, 2.24) is 10.3 Å². The molecule has 0 bridgehead atoms. The lowest BCUT2D eigenvalue weighted by molar-refractivity contribution is 0.0927. The molecule has 0 aliphatic carbocycles. The van der Waals surface area contributed by atoms with Gasteiger partial charge in [0.05, 0.1) is 5.01 Å². The van der Waals surface area contributed by atoms with E-state index in [2.05, 4.69) is 10.3 Å². The first-order valence-corrected chi connectivity index (χ1v) is 8.42. The highest BCUT2D eigenvalue weighted by molar-refractivity contribution is 7.09. The van der Waals surface area contributed by atoms with E-state index in [1.165, 1.54) is 0 Å². The van der Waals surface area contributed by atoms with Crippen molar-refractivity contribution in [3.05, 3.63) is 63.1 Å². The zero-order valence-electron chi connectivity index (χ0n) is 12.5. The van der Waals surface area contributed by atoms with Gasteiger partial charge in [0.25, 0.3) is 5.91 Å². The smallest absolute Gasteiger partial charge is 0.287 e. The monoisotopic (exact) mass is 346 g/mol. The Hall–Kier alpha value is -2.11. The summed E-state index contributed by atoms with van der Waals surface area (Å²) < 4.78 is 5.58. The average molecular weight is 347 g/mol. The molecule has 0 aliphatic rings. The van der Waals surface area contributed by atoms with Gasteiger partial charge >= 0.3 is 0 Å². The number of hydrogen-bond donors (Lipinski definition) is 1. The largest absolute Gasteiger partial charge is 0.449 e. The number of aromatic nitrogens is 1. The van der Waals surface area contributed by atoms with Crippen molar-refractivity contribution in [3.63, 3.8) is 0 Å². The Morgan fingerprint density at radius 2 is 2.22 bits per heavy atom. The van der Waals surface area contributed by atoms with Gasteiger partial charge in [-0.1, -0.05) is 23.7 Å². The van der Waals surface area contributed by atoms with E-state index in [1.54, 1.807) is 23.5 Å². The second-order valence-corrected chi connectivity index (χ2v) is 6.55. The number of nitrogens with zero attached hydrogens (tertiary/aromatic N) is 1. The number of carbonyl (C=O) groups excluding carboxylic acids is 1. The fourth-order valence-electron chi connectivity index (χ4n) is 2.17. The van der Waals surface area contributed by atoms with Gasteiger partial charge in [0, 0.05) is 16.9 Å². The number of rotatable bonds is 5. The topological polar surface area (TPSA) is 55.1 Å². The van der Waals surface area contributed by atoms with Crippen LogP contribution in [0.5, 0.6) is 0 Å². The second-order valence-electron chi connectivity index (χ2n) is 5.05. The molecule has 23 heavy (non-hydrogen) atoms. The zero-order chi connectivity index (χ0) is 16.2. The Balaban J connectivity index is 1.57. The Morgan fingerprint density at radius 1 is 1.35 bits per heavy atom. The first kappa shape index (κ1) is 15.8. The van der Waals surface area contributed by atoms with Crippen LogP contribution in [0.15, 0.2) is 46.2 Å². The summed E-state index contributed by atoms with van der Waals surface area (Å²) in [6.45, 7) is 2.45. The highest BCUT2D eigenvalue weighted by Crippen LogP contribution is 2.23. The van der Waals surface area contributed by atoms with Crippen LogP contribution in [-0.2, 0) is 6.42 Å². The predicted octanol–water partition coefficient (Wildman–Crippen LogP) is 4.34. The predicted molar refractivity (Wildman–Crippen MR) is 92.0 cm³/mol. The fourth-order valence-corrected chi connectivity index (χ4v) is 2.99. The van der Waals surface area contributed by atoms with Crippen molar-refractivity contribution in [1.29, 1.82) is 0 Å². The van der Waals surface area contributed by atoms with Gasteiger partial charge in [-0.3, -0.25) is 4.79 Å². The first-order valence-electron chi connectivity index (χ1n) is 7.17. The van der Waals surface area contributed by atoms with Crippen LogP contribution in [-0.4, -0.2) is 17.4 Å². The molecular formula is C17H15ClN2O2S. The normalized spacial score (nSPS) is 10.7. The van der Waals surface area contributed by atoms with Crippen molar-refractivity contribution in [2.24, 2.45) is 0 Å². The van der Waals surface area contributed by atoms with E-state index < -0.39 is 0 Å². The molecule has 0 spiro atoms. The number of aryl methyl sites for hydroxylation is 1. The molecular weight excluding hydrogens is 332 g/mol. The third-order valence-electron chi connectivity index (χ3n) is 3.29. The van der Waals surface area contributed by atoms with Gasteiger partial charge in [0.2, 0.25) is 0 Å². The lowest BCUT2D eigenvalue weighted by Gasteiger charge is -2.04. The minimum atomic E-state index is -0.231. The number of benzene rings is 1. The van der Waals surface area contributed by atoms with Crippen molar-refractivity contribution < 1.29 is 9.21 Å². The molecule has 0 atom stereocenters. The maximum absolute atomic E-state index is 12.1. The van der Waals surface area contributed by atoms with Crippen molar-refractivity contribution in [2.45, 2.75) is 13.3 Å². The van der Waals surface area contributed by atoms with Gasteiger partial charge < -0.3 is 9.73 Å². The number of hydrogen-bond acceptors (Lipinski definition) is 4. The number of halogens is 1. The van der Waals surface area contributed by atoms with Gasteiger partial charge in [0.15, 0.2) is 11.5 Å². The van der Waals surface area contributed by atoms with E-state index in [4.69, 9.17) is 16.0 Å². The molecule has 3 aromatic rings. The molecule has 4 nitrogen and oxygen atoms in total. The number of carbonyl (C=O) groups is 1. The second kappa shape index (κ2) is 6.98. The molecule has 0 saturated heterocycles. The molecule has 2 aromatic heterocycles. The first-order chi connectivity index (χ1) is 11.1. The molecule has 6 heteroatoms. The average Bonchev–Trinajstić information content (AvgIpc) is 3.16. The summed E-state index contributed by atoms with van der Waals surface area (Å²) in [5.74, 6) is 0.663. The van der Waals surface area contributed by atoms with Crippen LogP contribution in [0.1, 0.15) is 21.1 Å². The van der Waals surface area contributed by atoms with Gasteiger partial charge in [-0.2, -0.15) is 0 Å². The Kier molecular flexibility index (Phi) is 4.79. The number of thiazole rings is 1. The summed E-state index contributed by atoms with van der Waals surface area (Å²) in [7, 11) is 0. The van der Waals surface area contributed by atoms with Gasteiger partial charge in [-0.05, 0) is 43.2 Å². The molecule has 0 radical (unpaired) electrons. The zero-order valence-corrected chi connectivity index (χ0v) is 14.1. The van der Waals surface area contributed by atoms with Gasteiger partial charge in [0.1, 0.15) is 5.69 Å². The lowest BCUT2D eigenvalue weighted by Crippen LogP contribution is -2.25. The summed E-state index contributed by atoms with van der Waals surface area (Å²) >= 11 is 7.48. The molecule has 1 amide bonds. The van der Waals surface area contributed by atoms with Gasteiger partial charge in [-0.25, -0.2) is 4.98 Å². The van der Waals surface area contributed by atoms with Crippen LogP contribution in [0.3, 0.4) is 0 Å². The minimum absolute atomic E-state index is 0.231. The van der Waals surface area contributed by atoms with E-state index in [-0.39, 0.29) is 11.7 Å². The number of nitrogens with one attached hydrogen (secondary N) is 1. The number of furan rings is 1. The van der Waals surface area contributed by atoms with E-state index in [0.717, 1.165) is 16.3 Å². The maximum Gasteiger partial charge on any atom is 0.287 e. The van der Waals surface area contributed by atoms with Crippen LogP contribution >= 0.6 is 22.9 Å². The van der Waals surface area contributed by atoms with Crippen LogP contribution < -0.4 is 5.32 Å². The summed E-state index contributed by atoms with van der Waals surface area (Å²) in [6.07, 6.45) is 0.713. The minimum Gasteiger partial charge on any atom is -0.449 e. The third-order valence-corrected chi connectivity index (χ3v) is 4.30. The van der Waals surface area contributed by atoms with Crippen molar-refractivity contribution >= 4 is 28.8 Å². The van der Waals surface area contributed by atoms with Crippen LogP contribution in [0.4, 0.5) is 0 Å². The van der Waals surface area contributed by atoms with Crippen molar-refractivity contribution in [2.75, 3.05) is 6.54 Å². The summed E-state index contributed by atoms with van der Waals surface area (Å²) in [5.41, 5.74) is 1.83. The molecule has 1 N–H and O–H groups in total. The van der Waals surface area contributed by atoms with E-state index in [9.17, 15) is 4.79 Å². The summed E-state index contributed by atoms with van der Waals surface area (Å²) in [6, 6.07) is 11.0. The fraction of sp³-hybridized carbons (Fsp3) is 0.176. The lowest BCUT2D eigenvalue weighted by atomic mass is 10.1. The Labute approximate surface area is 143 Å². The standard InChI is InChI=1S/C17H15ClN2O2S/c1-11-20-14(10-23-11)15-5-6-16(22-15)17(21)19-8-7-12-3-2-4-13(18)9-12/h2-6,9-10H,7-8H2,1H3,(H,19,21). The molecule has 2 heterocycles. The summed E-state index contributed by atoms with van der Waals surface area (Å²) in [5, 5.41) is 6.41. The molecule has 3 rings (SSSR count). The molecule has 0 unspecified atom stereocenters. The van der Waals surface area contributed by atoms with Crippen LogP contribution in [0.25, 0.3) is 11.5 Å².